The van der Waals surface area contributed by atoms with Crippen LogP contribution in [0.3, 0.4) is 0 Å². The van der Waals surface area contributed by atoms with Crippen LogP contribution in [0.2, 0.25) is 0 Å². The largest absolute Gasteiger partial charge is 0.450 e. The summed E-state index contributed by atoms with van der Waals surface area (Å²) in [5, 5.41) is 0.845. The Kier molecular flexibility index (Phi) is 4.27. The van der Waals surface area contributed by atoms with Crippen LogP contribution in [0.25, 0.3) is 10.9 Å². The highest BCUT2D eigenvalue weighted by Crippen LogP contribution is 2.26. The second kappa shape index (κ2) is 6.75. The Bertz CT molecular complexity index is 1040. The molecule has 138 valence electrons. The van der Waals surface area contributed by atoms with E-state index in [1.54, 1.807) is 35.0 Å². The van der Waals surface area contributed by atoms with Gasteiger partial charge >= 0.3 is 6.09 Å². The van der Waals surface area contributed by atoms with E-state index in [0.717, 1.165) is 22.0 Å². The summed E-state index contributed by atoms with van der Waals surface area (Å²) < 4.78 is 6.67. The molecule has 3 aromatic rings. The van der Waals surface area contributed by atoms with Crippen molar-refractivity contribution in [3.8, 4) is 0 Å². The SMILES string of the molecule is CCOC(=O)N1CCc2c(cncc2C(=O)n2ccc3c(N)cccc32)C1. The molecule has 2 N–H and O–H groups in total. The number of nitrogens with two attached hydrogens (primary N) is 1. The minimum absolute atomic E-state index is 0.149. The maximum Gasteiger partial charge on any atom is 0.410 e. The van der Waals surface area contributed by atoms with Gasteiger partial charge in [0.2, 0.25) is 0 Å². The van der Waals surface area contributed by atoms with Gasteiger partial charge in [0.05, 0.1) is 24.2 Å². The lowest BCUT2D eigenvalue weighted by Gasteiger charge is -2.28. The third-order valence-corrected chi connectivity index (χ3v) is 4.88. The maximum absolute atomic E-state index is 13.2. The minimum atomic E-state index is -0.341. The molecule has 7 heteroatoms. The molecule has 27 heavy (non-hydrogen) atoms. The van der Waals surface area contributed by atoms with Crippen LogP contribution in [0, 0.1) is 0 Å². The average Bonchev–Trinajstić information content (AvgIpc) is 3.12. The first-order chi connectivity index (χ1) is 13.1. The smallest absolute Gasteiger partial charge is 0.410 e. The molecule has 0 unspecified atom stereocenters. The molecule has 7 nitrogen and oxygen atoms in total. The van der Waals surface area contributed by atoms with Crippen LogP contribution in [0.15, 0.2) is 42.9 Å². The molecule has 0 atom stereocenters. The van der Waals surface area contributed by atoms with Gasteiger partial charge in [-0.2, -0.15) is 0 Å². The molecular weight excluding hydrogens is 344 g/mol. The fourth-order valence-electron chi connectivity index (χ4n) is 3.55. The summed E-state index contributed by atoms with van der Waals surface area (Å²) >= 11 is 0. The molecule has 1 aromatic carbocycles. The van der Waals surface area contributed by atoms with E-state index in [0.29, 0.717) is 37.4 Å². The standard InChI is InChI=1S/C20H20N4O3/c1-2-27-20(26)23-8-6-14-13(12-23)10-22-11-16(14)19(25)24-9-7-15-17(21)4-3-5-18(15)24/h3-5,7,9-11H,2,6,8,12,21H2,1H3. The van der Waals surface area contributed by atoms with Gasteiger partial charge in [-0.05, 0) is 42.7 Å². The van der Waals surface area contributed by atoms with Gasteiger partial charge in [0.1, 0.15) is 0 Å². The first-order valence-corrected chi connectivity index (χ1v) is 8.88. The monoisotopic (exact) mass is 364 g/mol. The average molecular weight is 364 g/mol. The zero-order chi connectivity index (χ0) is 19.0. The molecule has 0 saturated carbocycles. The molecule has 3 heterocycles. The number of nitrogens with zero attached hydrogens (tertiary/aromatic N) is 3. The number of nitrogen functional groups attached to an aromatic ring is 1. The minimum Gasteiger partial charge on any atom is -0.450 e. The topological polar surface area (TPSA) is 90.5 Å². The molecule has 0 fully saturated rings. The van der Waals surface area contributed by atoms with Crippen molar-refractivity contribution in [2.24, 2.45) is 0 Å². The van der Waals surface area contributed by atoms with E-state index in [2.05, 4.69) is 4.98 Å². The van der Waals surface area contributed by atoms with E-state index in [9.17, 15) is 9.59 Å². The fraction of sp³-hybridized carbons (Fsp3) is 0.250. The zero-order valence-corrected chi connectivity index (χ0v) is 15.0. The van der Waals surface area contributed by atoms with Crippen molar-refractivity contribution in [2.75, 3.05) is 18.9 Å². The van der Waals surface area contributed by atoms with Crippen LogP contribution < -0.4 is 5.73 Å². The van der Waals surface area contributed by atoms with E-state index in [4.69, 9.17) is 10.5 Å². The van der Waals surface area contributed by atoms with Gasteiger partial charge in [0.15, 0.2) is 0 Å². The summed E-state index contributed by atoms with van der Waals surface area (Å²) in [6.07, 6.45) is 5.28. The summed E-state index contributed by atoms with van der Waals surface area (Å²) in [6.45, 7) is 3.02. The first kappa shape index (κ1) is 17.1. The predicted molar refractivity (Wildman–Crippen MR) is 101 cm³/mol. The molecule has 0 aliphatic carbocycles. The molecule has 0 saturated heterocycles. The molecule has 1 aliphatic heterocycles. The Balaban J connectivity index is 1.69. The Hall–Kier alpha value is -3.35. The number of pyridine rings is 1. The van der Waals surface area contributed by atoms with Gasteiger partial charge in [-0.1, -0.05) is 6.07 Å². The number of amides is 1. The van der Waals surface area contributed by atoms with Crippen molar-refractivity contribution in [3.05, 3.63) is 59.5 Å². The lowest BCUT2D eigenvalue weighted by molar-refractivity contribution is 0.0961. The number of aromatic nitrogens is 2. The van der Waals surface area contributed by atoms with E-state index < -0.39 is 0 Å². The van der Waals surface area contributed by atoms with Crippen molar-refractivity contribution in [2.45, 2.75) is 19.9 Å². The summed E-state index contributed by atoms with van der Waals surface area (Å²) in [4.78, 5) is 31.1. The molecular formula is C20H20N4O3. The van der Waals surface area contributed by atoms with Gasteiger partial charge in [-0.3, -0.25) is 14.3 Å². The van der Waals surface area contributed by atoms with Crippen LogP contribution >= 0.6 is 0 Å². The number of ether oxygens (including phenoxy) is 1. The van der Waals surface area contributed by atoms with Crippen molar-refractivity contribution < 1.29 is 14.3 Å². The van der Waals surface area contributed by atoms with E-state index >= 15 is 0 Å². The highest BCUT2D eigenvalue weighted by atomic mass is 16.6. The number of hydrogen-bond acceptors (Lipinski definition) is 5. The Morgan fingerprint density at radius 1 is 1.26 bits per heavy atom. The maximum atomic E-state index is 13.2. The summed E-state index contributed by atoms with van der Waals surface area (Å²) in [7, 11) is 0. The van der Waals surface area contributed by atoms with Crippen LogP contribution in [0.5, 0.6) is 0 Å². The molecule has 0 radical (unpaired) electrons. The molecule has 4 rings (SSSR count). The molecule has 0 bridgehead atoms. The second-order valence-corrected chi connectivity index (χ2v) is 6.47. The molecule has 1 aliphatic rings. The molecule has 1 amide bonds. The van der Waals surface area contributed by atoms with Crippen LogP contribution in [-0.4, -0.2) is 39.6 Å². The number of benzene rings is 1. The fourth-order valence-corrected chi connectivity index (χ4v) is 3.55. The van der Waals surface area contributed by atoms with E-state index in [1.165, 1.54) is 0 Å². The Morgan fingerprint density at radius 2 is 2.11 bits per heavy atom. The Labute approximate surface area is 156 Å². The van der Waals surface area contributed by atoms with Crippen molar-refractivity contribution in [1.29, 1.82) is 0 Å². The van der Waals surface area contributed by atoms with Crippen molar-refractivity contribution >= 4 is 28.6 Å². The van der Waals surface area contributed by atoms with E-state index in [-0.39, 0.29) is 12.0 Å². The third kappa shape index (κ3) is 2.91. The van der Waals surface area contributed by atoms with Crippen LogP contribution in [-0.2, 0) is 17.7 Å². The number of carbonyl (C=O) groups excluding carboxylic acids is 2. The summed E-state index contributed by atoms with van der Waals surface area (Å²) in [5.74, 6) is -0.149. The predicted octanol–water partition coefficient (Wildman–Crippen LogP) is 2.82. The first-order valence-electron chi connectivity index (χ1n) is 8.88. The van der Waals surface area contributed by atoms with Crippen molar-refractivity contribution in [1.82, 2.24) is 14.5 Å². The lowest BCUT2D eigenvalue weighted by atomic mass is 9.97. The summed E-state index contributed by atoms with van der Waals surface area (Å²) in [5.41, 5.74) is 9.76. The number of rotatable bonds is 2. The van der Waals surface area contributed by atoms with Crippen LogP contribution in [0.4, 0.5) is 10.5 Å². The number of hydrogen-bond donors (Lipinski definition) is 1. The van der Waals surface area contributed by atoms with Crippen LogP contribution in [0.1, 0.15) is 28.4 Å². The van der Waals surface area contributed by atoms with Gasteiger partial charge in [0, 0.05) is 36.2 Å². The quantitative estimate of drug-likeness (QED) is 0.706. The van der Waals surface area contributed by atoms with Gasteiger partial charge in [-0.25, -0.2) is 4.79 Å². The number of fused-ring (bicyclic) bond motifs is 2. The number of carbonyl (C=O) groups is 2. The third-order valence-electron chi connectivity index (χ3n) is 4.88. The highest BCUT2D eigenvalue weighted by Gasteiger charge is 2.26. The second-order valence-electron chi connectivity index (χ2n) is 6.47. The Morgan fingerprint density at radius 3 is 2.93 bits per heavy atom. The zero-order valence-electron chi connectivity index (χ0n) is 15.0. The van der Waals surface area contributed by atoms with Gasteiger partial charge in [0.25, 0.3) is 5.91 Å². The molecule has 2 aromatic heterocycles. The number of anilines is 1. The van der Waals surface area contributed by atoms with Gasteiger partial charge in [-0.15, -0.1) is 0 Å². The van der Waals surface area contributed by atoms with Gasteiger partial charge < -0.3 is 15.4 Å². The van der Waals surface area contributed by atoms with Crippen molar-refractivity contribution in [3.63, 3.8) is 0 Å². The lowest BCUT2D eigenvalue weighted by Crippen LogP contribution is -2.37. The summed E-state index contributed by atoms with van der Waals surface area (Å²) in [6, 6.07) is 7.35. The highest BCUT2D eigenvalue weighted by molar-refractivity contribution is 6.05. The normalized spacial score (nSPS) is 13.4. The van der Waals surface area contributed by atoms with E-state index in [1.807, 2.05) is 24.3 Å². The molecule has 0 spiro atoms.